The van der Waals surface area contributed by atoms with Gasteiger partial charge in [0.2, 0.25) is 0 Å². The van der Waals surface area contributed by atoms with E-state index in [1.54, 1.807) is 7.11 Å². The van der Waals surface area contributed by atoms with Crippen molar-refractivity contribution in [2.24, 2.45) is 0 Å². The molecular formula is C24H18N4O. The molecule has 29 heavy (non-hydrogen) atoms. The number of benzene rings is 3. The molecule has 3 heterocycles. The number of aromatic nitrogens is 4. The Labute approximate surface area is 167 Å². The van der Waals surface area contributed by atoms with Crippen molar-refractivity contribution in [3.05, 3.63) is 90.6 Å². The van der Waals surface area contributed by atoms with Crippen LogP contribution in [-0.2, 0) is 4.74 Å². The summed E-state index contributed by atoms with van der Waals surface area (Å²) in [6.07, 6.45) is -0.294. The zero-order valence-electron chi connectivity index (χ0n) is 15.9. The molecule has 0 bridgehead atoms. The van der Waals surface area contributed by atoms with Gasteiger partial charge in [0.25, 0.3) is 0 Å². The second-order valence-electron chi connectivity index (χ2n) is 7.10. The number of methoxy groups -OCH3 is 1. The number of nitrogens with zero attached hydrogens (tertiary/aromatic N) is 4. The molecule has 5 heteroatoms. The summed E-state index contributed by atoms with van der Waals surface area (Å²) in [7, 11) is 1.74. The Morgan fingerprint density at radius 3 is 2.28 bits per heavy atom. The van der Waals surface area contributed by atoms with Crippen molar-refractivity contribution in [2.45, 2.75) is 6.23 Å². The van der Waals surface area contributed by atoms with Gasteiger partial charge in [0, 0.05) is 12.7 Å². The molecule has 140 valence electrons. The summed E-state index contributed by atoms with van der Waals surface area (Å²) in [6.45, 7) is 0. The van der Waals surface area contributed by atoms with E-state index in [9.17, 15) is 0 Å². The van der Waals surface area contributed by atoms with Crippen LogP contribution in [-0.4, -0.2) is 26.4 Å². The lowest BCUT2D eigenvalue weighted by molar-refractivity contribution is 0.0829. The minimum absolute atomic E-state index is 0.294. The second-order valence-corrected chi connectivity index (χ2v) is 7.10. The summed E-state index contributed by atoms with van der Waals surface area (Å²) in [5.74, 6) is 0.897. The standard InChI is InChI=1S/C24H18N4O/c1-29-24-22-20(23-25-18-14-8-9-15-19(18)27(23)24)21(16-10-4-2-5-11-16)26-28(22)17-12-6-3-7-13-17/h2-15,24H,1H3. The monoisotopic (exact) mass is 378 g/mol. The number of fused-ring (bicyclic) bond motifs is 5. The molecule has 2 aromatic heterocycles. The largest absolute Gasteiger partial charge is 0.355 e. The van der Waals surface area contributed by atoms with Crippen molar-refractivity contribution in [3.63, 3.8) is 0 Å². The molecule has 1 aliphatic rings. The van der Waals surface area contributed by atoms with Crippen LogP contribution in [0.25, 0.3) is 39.4 Å². The lowest BCUT2D eigenvalue weighted by Crippen LogP contribution is -2.13. The first-order chi connectivity index (χ1) is 14.4. The summed E-state index contributed by atoms with van der Waals surface area (Å²) in [5, 5.41) is 5.02. The van der Waals surface area contributed by atoms with Crippen molar-refractivity contribution in [1.29, 1.82) is 0 Å². The molecule has 0 radical (unpaired) electrons. The highest BCUT2D eigenvalue weighted by atomic mass is 16.5. The molecule has 1 atom stereocenters. The van der Waals surface area contributed by atoms with Crippen molar-refractivity contribution >= 4 is 11.0 Å². The maximum absolute atomic E-state index is 6.00. The van der Waals surface area contributed by atoms with Crippen molar-refractivity contribution in [3.8, 4) is 28.3 Å². The van der Waals surface area contributed by atoms with Crippen molar-refractivity contribution < 1.29 is 4.74 Å². The molecule has 0 saturated carbocycles. The third kappa shape index (κ3) is 2.25. The molecule has 6 rings (SSSR count). The first-order valence-corrected chi connectivity index (χ1v) is 9.60. The summed E-state index contributed by atoms with van der Waals surface area (Å²) < 4.78 is 10.2. The smallest absolute Gasteiger partial charge is 0.179 e. The highest BCUT2D eigenvalue weighted by Gasteiger charge is 2.39. The van der Waals surface area contributed by atoms with Gasteiger partial charge in [0.1, 0.15) is 17.2 Å². The molecule has 5 aromatic rings. The van der Waals surface area contributed by atoms with E-state index < -0.39 is 0 Å². The second kappa shape index (κ2) is 6.15. The van der Waals surface area contributed by atoms with Gasteiger partial charge in [-0.05, 0) is 24.3 Å². The van der Waals surface area contributed by atoms with Crippen LogP contribution in [0, 0.1) is 0 Å². The fraction of sp³-hybridized carbons (Fsp3) is 0.0833. The zero-order chi connectivity index (χ0) is 19.4. The summed E-state index contributed by atoms with van der Waals surface area (Å²) >= 11 is 0. The number of hydrogen-bond acceptors (Lipinski definition) is 3. The number of hydrogen-bond donors (Lipinski definition) is 0. The van der Waals surface area contributed by atoms with Gasteiger partial charge < -0.3 is 4.74 Å². The third-order valence-corrected chi connectivity index (χ3v) is 5.48. The van der Waals surface area contributed by atoms with Gasteiger partial charge in [-0.3, -0.25) is 4.57 Å². The van der Waals surface area contributed by atoms with E-state index in [0.717, 1.165) is 45.1 Å². The Bertz CT molecular complexity index is 1340. The average Bonchev–Trinajstić information content (AvgIpc) is 3.43. The first kappa shape index (κ1) is 16.3. The number of imidazole rings is 1. The Kier molecular flexibility index (Phi) is 3.45. The number of para-hydroxylation sites is 3. The van der Waals surface area contributed by atoms with E-state index in [-0.39, 0.29) is 6.23 Å². The Morgan fingerprint density at radius 2 is 1.52 bits per heavy atom. The molecule has 1 unspecified atom stereocenters. The Morgan fingerprint density at radius 1 is 0.828 bits per heavy atom. The lowest BCUT2D eigenvalue weighted by atomic mass is 10.1. The third-order valence-electron chi connectivity index (χ3n) is 5.48. The van der Waals surface area contributed by atoms with E-state index in [0.29, 0.717) is 0 Å². The molecule has 3 aromatic carbocycles. The van der Waals surface area contributed by atoms with Gasteiger partial charge in [-0.25, -0.2) is 9.67 Å². The van der Waals surface area contributed by atoms with Crippen LogP contribution in [0.4, 0.5) is 0 Å². The maximum atomic E-state index is 6.00. The van der Waals surface area contributed by atoms with Gasteiger partial charge in [-0.15, -0.1) is 0 Å². The zero-order valence-corrected chi connectivity index (χ0v) is 15.9. The van der Waals surface area contributed by atoms with Crippen LogP contribution in [0.5, 0.6) is 0 Å². The van der Waals surface area contributed by atoms with Crippen LogP contribution in [0.3, 0.4) is 0 Å². The number of rotatable bonds is 3. The minimum Gasteiger partial charge on any atom is -0.355 e. The highest BCUT2D eigenvalue weighted by Crippen LogP contribution is 2.47. The lowest BCUT2D eigenvalue weighted by Gasteiger charge is -2.16. The van der Waals surface area contributed by atoms with E-state index in [1.165, 1.54) is 0 Å². The average molecular weight is 378 g/mol. The molecule has 0 spiro atoms. The normalized spacial score (nSPS) is 14.9. The van der Waals surface area contributed by atoms with Crippen LogP contribution in [0.2, 0.25) is 0 Å². The quantitative estimate of drug-likeness (QED) is 0.441. The SMILES string of the molecule is COC1c2c(c(-c3ccccc3)nn2-c2ccccc2)-c2nc3ccccc3n21. The van der Waals surface area contributed by atoms with E-state index in [2.05, 4.69) is 34.9 Å². The van der Waals surface area contributed by atoms with Crippen molar-refractivity contribution in [2.75, 3.05) is 7.11 Å². The number of ether oxygens (including phenoxy) is 1. The molecule has 0 aliphatic carbocycles. The predicted molar refractivity (Wildman–Crippen MR) is 113 cm³/mol. The van der Waals surface area contributed by atoms with Gasteiger partial charge in [-0.2, -0.15) is 5.10 Å². The van der Waals surface area contributed by atoms with E-state index in [4.69, 9.17) is 14.8 Å². The first-order valence-electron chi connectivity index (χ1n) is 9.60. The molecule has 0 amide bonds. The maximum Gasteiger partial charge on any atom is 0.179 e. The molecule has 1 aliphatic heterocycles. The van der Waals surface area contributed by atoms with Gasteiger partial charge in [0.15, 0.2) is 6.23 Å². The highest BCUT2D eigenvalue weighted by molar-refractivity contribution is 5.89. The predicted octanol–water partition coefficient (Wildman–Crippen LogP) is 5.06. The molecule has 0 N–H and O–H groups in total. The van der Waals surface area contributed by atoms with E-state index >= 15 is 0 Å². The van der Waals surface area contributed by atoms with Crippen LogP contribution in [0.1, 0.15) is 11.9 Å². The Balaban J connectivity index is 1.72. The Hall–Kier alpha value is -3.70. The van der Waals surface area contributed by atoms with Crippen LogP contribution < -0.4 is 0 Å². The van der Waals surface area contributed by atoms with Crippen LogP contribution in [0.15, 0.2) is 84.9 Å². The topological polar surface area (TPSA) is 44.9 Å². The molecular weight excluding hydrogens is 360 g/mol. The summed E-state index contributed by atoms with van der Waals surface area (Å²) in [6, 6.07) is 28.6. The molecule has 0 saturated heterocycles. The molecule has 5 nitrogen and oxygen atoms in total. The van der Waals surface area contributed by atoms with Gasteiger partial charge >= 0.3 is 0 Å². The van der Waals surface area contributed by atoms with Gasteiger partial charge in [0.05, 0.1) is 22.3 Å². The molecule has 0 fully saturated rings. The summed E-state index contributed by atoms with van der Waals surface area (Å²) in [5.41, 5.74) is 7.04. The fourth-order valence-electron chi connectivity index (χ4n) is 4.24. The van der Waals surface area contributed by atoms with Crippen LogP contribution >= 0.6 is 0 Å². The van der Waals surface area contributed by atoms with Crippen molar-refractivity contribution in [1.82, 2.24) is 19.3 Å². The summed E-state index contributed by atoms with van der Waals surface area (Å²) in [4.78, 5) is 4.96. The fourth-order valence-corrected chi connectivity index (χ4v) is 4.24. The minimum atomic E-state index is -0.294. The van der Waals surface area contributed by atoms with Gasteiger partial charge in [-0.1, -0.05) is 60.7 Å². The van der Waals surface area contributed by atoms with E-state index in [1.807, 2.05) is 59.3 Å².